The molecule has 0 radical (unpaired) electrons. The number of benzene rings is 1. The molecule has 0 saturated carbocycles. The van der Waals surface area contributed by atoms with Gasteiger partial charge in [0.1, 0.15) is 17.4 Å². The number of nitrogens with one attached hydrogen (secondary N) is 1. The van der Waals surface area contributed by atoms with E-state index in [1.807, 2.05) is 22.8 Å². The number of fused-ring (bicyclic) bond motifs is 1. The zero-order valence-electron chi connectivity index (χ0n) is 23.2. The van der Waals surface area contributed by atoms with Crippen molar-refractivity contribution in [1.82, 2.24) is 19.5 Å². The summed E-state index contributed by atoms with van der Waals surface area (Å²) in [7, 11) is 2.17. The number of hydrogen-bond donors (Lipinski definition) is 1. The summed E-state index contributed by atoms with van der Waals surface area (Å²) < 4.78 is 1.84. The van der Waals surface area contributed by atoms with Crippen molar-refractivity contribution in [2.24, 2.45) is 0 Å². The number of carbonyl (C=O) groups excluding carboxylic acids is 1. The zero-order chi connectivity index (χ0) is 28.3. The van der Waals surface area contributed by atoms with Crippen LogP contribution in [-0.4, -0.2) is 84.8 Å². The molecule has 5 heterocycles. The summed E-state index contributed by atoms with van der Waals surface area (Å²) in [5.41, 5.74) is 6.47. The van der Waals surface area contributed by atoms with Crippen molar-refractivity contribution in [3.8, 4) is 17.2 Å². The summed E-state index contributed by atoms with van der Waals surface area (Å²) in [4.78, 5) is 25.5. The summed E-state index contributed by atoms with van der Waals surface area (Å²) in [5, 5.41) is 17.1. The van der Waals surface area contributed by atoms with Crippen LogP contribution in [0.25, 0.3) is 16.6 Å². The second kappa shape index (κ2) is 11.3. The minimum atomic E-state index is -0.260. The van der Waals surface area contributed by atoms with Crippen LogP contribution in [0, 0.1) is 11.3 Å². The average Bonchev–Trinajstić information content (AvgIpc) is 3.45. The van der Waals surface area contributed by atoms with Gasteiger partial charge in [0.25, 0.3) is 0 Å². The number of piperazine rings is 2. The third kappa shape index (κ3) is 5.44. The Bertz CT molecular complexity index is 1590. The maximum Gasteiger partial charge on any atom is 0.247 e. The van der Waals surface area contributed by atoms with Gasteiger partial charge in [0, 0.05) is 69.8 Å². The standard InChI is InChI=1S/C31H33N9O/c1-3-30(41)35-26-6-9-29(33-21-26)39-16-14-38(15-17-39)28-18-24(22-40-31(28)25(19-32)20-34-40)23-4-7-27(8-5-23)37-12-10-36(2)11-13-37/h3-9,18,20-22H,1,10-17H2,2H3,(H,35,41). The fraction of sp³-hybridized carbons (Fsp3) is 0.290. The Hall–Kier alpha value is -4.88. The lowest BCUT2D eigenvalue weighted by Crippen LogP contribution is -2.47. The molecule has 0 bridgehead atoms. The van der Waals surface area contributed by atoms with Crippen molar-refractivity contribution in [2.45, 2.75) is 0 Å². The average molecular weight is 548 g/mol. The van der Waals surface area contributed by atoms with E-state index in [4.69, 9.17) is 0 Å². The Morgan fingerprint density at radius 2 is 1.63 bits per heavy atom. The smallest absolute Gasteiger partial charge is 0.247 e. The highest BCUT2D eigenvalue weighted by molar-refractivity contribution is 5.98. The van der Waals surface area contributed by atoms with E-state index >= 15 is 0 Å². The Morgan fingerprint density at radius 3 is 2.29 bits per heavy atom. The van der Waals surface area contributed by atoms with E-state index in [0.717, 1.165) is 80.5 Å². The fourth-order valence-corrected chi connectivity index (χ4v) is 5.53. The molecule has 10 nitrogen and oxygen atoms in total. The van der Waals surface area contributed by atoms with Gasteiger partial charge in [-0.3, -0.25) is 4.79 Å². The van der Waals surface area contributed by atoms with E-state index in [1.54, 1.807) is 12.4 Å². The summed E-state index contributed by atoms with van der Waals surface area (Å²) in [5.74, 6) is 0.604. The molecule has 0 unspecified atom stereocenters. The lowest BCUT2D eigenvalue weighted by molar-refractivity contribution is -0.111. The number of aromatic nitrogens is 3. The highest BCUT2D eigenvalue weighted by atomic mass is 16.1. The first-order chi connectivity index (χ1) is 20.0. The molecule has 6 rings (SSSR count). The van der Waals surface area contributed by atoms with Gasteiger partial charge in [-0.05, 0) is 49.0 Å². The first kappa shape index (κ1) is 26.3. The van der Waals surface area contributed by atoms with Crippen LogP contribution in [0.2, 0.25) is 0 Å². The van der Waals surface area contributed by atoms with Crippen LogP contribution in [-0.2, 0) is 4.79 Å². The Balaban J connectivity index is 1.22. The summed E-state index contributed by atoms with van der Waals surface area (Å²) in [6.45, 7) is 10.8. The van der Waals surface area contributed by atoms with E-state index in [-0.39, 0.29) is 5.91 Å². The molecule has 0 spiro atoms. The molecule has 2 saturated heterocycles. The van der Waals surface area contributed by atoms with Crippen LogP contribution in [0.4, 0.5) is 22.9 Å². The maximum absolute atomic E-state index is 11.6. The summed E-state index contributed by atoms with van der Waals surface area (Å²) in [6, 6.07) is 17.0. The third-order valence-corrected chi connectivity index (χ3v) is 7.93. The van der Waals surface area contributed by atoms with E-state index in [9.17, 15) is 10.1 Å². The monoisotopic (exact) mass is 547 g/mol. The molecular formula is C31H33N9O. The van der Waals surface area contributed by atoms with Crippen LogP contribution in [0.15, 0.2) is 73.7 Å². The number of anilines is 4. The van der Waals surface area contributed by atoms with Crippen molar-refractivity contribution >= 4 is 34.3 Å². The van der Waals surface area contributed by atoms with Crippen molar-refractivity contribution in [3.63, 3.8) is 0 Å². The minimum Gasteiger partial charge on any atom is -0.369 e. The van der Waals surface area contributed by atoms with Crippen LogP contribution >= 0.6 is 0 Å². The van der Waals surface area contributed by atoms with Gasteiger partial charge in [0.15, 0.2) is 0 Å². The summed E-state index contributed by atoms with van der Waals surface area (Å²) in [6.07, 6.45) is 6.56. The van der Waals surface area contributed by atoms with Gasteiger partial charge in [-0.15, -0.1) is 0 Å². The van der Waals surface area contributed by atoms with E-state index in [1.165, 1.54) is 11.8 Å². The third-order valence-electron chi connectivity index (χ3n) is 7.93. The Morgan fingerprint density at radius 1 is 0.927 bits per heavy atom. The number of carbonyl (C=O) groups is 1. The largest absolute Gasteiger partial charge is 0.369 e. The van der Waals surface area contributed by atoms with Crippen LogP contribution < -0.4 is 20.0 Å². The van der Waals surface area contributed by atoms with Crippen LogP contribution in [0.5, 0.6) is 0 Å². The molecule has 0 atom stereocenters. The van der Waals surface area contributed by atoms with Crippen LogP contribution in [0.1, 0.15) is 5.56 Å². The molecule has 3 aromatic heterocycles. The predicted octanol–water partition coefficient (Wildman–Crippen LogP) is 3.47. The minimum absolute atomic E-state index is 0.260. The molecule has 208 valence electrons. The number of pyridine rings is 2. The number of amides is 1. The molecule has 2 aliphatic rings. The van der Waals surface area contributed by atoms with Gasteiger partial charge < -0.3 is 24.9 Å². The molecule has 10 heteroatoms. The van der Waals surface area contributed by atoms with Crippen molar-refractivity contribution < 1.29 is 4.79 Å². The molecule has 41 heavy (non-hydrogen) atoms. The highest BCUT2D eigenvalue weighted by Crippen LogP contribution is 2.33. The molecule has 2 fully saturated rings. The number of likely N-dealkylation sites (N-methyl/N-ethyl adjacent to an activating group) is 1. The number of nitrogens with zero attached hydrogens (tertiary/aromatic N) is 8. The maximum atomic E-state index is 11.6. The van der Waals surface area contributed by atoms with E-state index in [2.05, 4.69) is 85.0 Å². The SMILES string of the molecule is C=CC(=O)Nc1ccc(N2CCN(c3cc(-c4ccc(N5CCN(C)CC5)cc4)cn4ncc(C#N)c34)CC2)nc1. The lowest BCUT2D eigenvalue weighted by atomic mass is 10.0. The van der Waals surface area contributed by atoms with Crippen molar-refractivity contribution in [3.05, 3.63) is 79.3 Å². The highest BCUT2D eigenvalue weighted by Gasteiger charge is 2.23. The van der Waals surface area contributed by atoms with Gasteiger partial charge in [-0.1, -0.05) is 18.7 Å². The molecule has 1 N–H and O–H groups in total. The molecule has 1 aromatic carbocycles. The molecule has 2 aliphatic heterocycles. The first-order valence-electron chi connectivity index (χ1n) is 13.9. The van der Waals surface area contributed by atoms with Gasteiger partial charge in [0.2, 0.25) is 5.91 Å². The summed E-state index contributed by atoms with van der Waals surface area (Å²) >= 11 is 0. The Kier molecular flexibility index (Phi) is 7.27. The van der Waals surface area contributed by atoms with Crippen LogP contribution in [0.3, 0.4) is 0 Å². The molecular weight excluding hydrogens is 514 g/mol. The van der Waals surface area contributed by atoms with Crippen molar-refractivity contribution in [2.75, 3.05) is 79.4 Å². The zero-order valence-corrected chi connectivity index (χ0v) is 23.2. The predicted molar refractivity (Wildman–Crippen MR) is 163 cm³/mol. The molecule has 4 aromatic rings. The second-order valence-corrected chi connectivity index (χ2v) is 10.5. The lowest BCUT2D eigenvalue weighted by Gasteiger charge is -2.37. The van der Waals surface area contributed by atoms with Crippen molar-refractivity contribution in [1.29, 1.82) is 5.26 Å². The number of hydrogen-bond acceptors (Lipinski definition) is 8. The van der Waals surface area contributed by atoms with Gasteiger partial charge in [-0.25, -0.2) is 9.50 Å². The van der Waals surface area contributed by atoms with E-state index in [0.29, 0.717) is 11.3 Å². The topological polar surface area (TPSA) is 96.0 Å². The van der Waals surface area contributed by atoms with Gasteiger partial charge in [0.05, 0.1) is 29.3 Å². The quantitative estimate of drug-likeness (QED) is 0.367. The fourth-order valence-electron chi connectivity index (χ4n) is 5.53. The van der Waals surface area contributed by atoms with Gasteiger partial charge >= 0.3 is 0 Å². The number of rotatable bonds is 6. The normalized spacial score (nSPS) is 16.0. The van der Waals surface area contributed by atoms with E-state index < -0.39 is 0 Å². The molecule has 1 amide bonds. The van der Waals surface area contributed by atoms with Gasteiger partial charge in [-0.2, -0.15) is 10.4 Å². The first-order valence-corrected chi connectivity index (χ1v) is 13.9. The second-order valence-electron chi connectivity index (χ2n) is 10.5. The molecule has 0 aliphatic carbocycles. The Labute approximate surface area is 239 Å². The number of nitriles is 1.